The second-order valence-corrected chi connectivity index (χ2v) is 7.40. The molecular formula is C25H26N3O+. The van der Waals surface area contributed by atoms with Gasteiger partial charge in [0.15, 0.2) is 12.4 Å². The van der Waals surface area contributed by atoms with Gasteiger partial charge < -0.3 is 9.47 Å². The Kier molecular flexibility index (Phi) is 5.17. The zero-order valence-corrected chi connectivity index (χ0v) is 17.2. The van der Waals surface area contributed by atoms with Gasteiger partial charge in [0.1, 0.15) is 0 Å². The number of ketones is 1. The van der Waals surface area contributed by atoms with Crippen molar-refractivity contribution in [1.82, 2.24) is 4.57 Å². The largest absolute Gasteiger partial charge is 0.377 e. The fraction of sp³-hybridized carbons (Fsp3) is 0.200. The van der Waals surface area contributed by atoms with Crippen molar-refractivity contribution in [3.05, 3.63) is 84.7 Å². The normalized spacial score (nSPS) is 11.0. The number of benzene rings is 2. The molecule has 0 saturated carbocycles. The third-order valence-electron chi connectivity index (χ3n) is 5.33. The lowest BCUT2D eigenvalue weighted by atomic mass is 10.0. The predicted molar refractivity (Wildman–Crippen MR) is 118 cm³/mol. The molecule has 0 saturated heterocycles. The summed E-state index contributed by atoms with van der Waals surface area (Å²) in [6, 6.07) is 22.5. The molecule has 0 spiro atoms. The number of para-hydroxylation sites is 1. The van der Waals surface area contributed by atoms with Gasteiger partial charge in [-0.1, -0.05) is 48.5 Å². The Morgan fingerprint density at radius 3 is 2.24 bits per heavy atom. The first kappa shape index (κ1) is 18.9. The molecule has 0 aliphatic heterocycles. The first-order valence-corrected chi connectivity index (χ1v) is 9.96. The second-order valence-electron chi connectivity index (χ2n) is 7.40. The second kappa shape index (κ2) is 7.92. The van der Waals surface area contributed by atoms with E-state index in [0.717, 1.165) is 40.0 Å². The highest BCUT2D eigenvalue weighted by Crippen LogP contribution is 2.34. The first-order chi connectivity index (χ1) is 14.1. The van der Waals surface area contributed by atoms with Gasteiger partial charge in [-0.2, -0.15) is 4.57 Å². The molecule has 4 rings (SSSR count). The molecule has 0 bridgehead atoms. The highest BCUT2D eigenvalue weighted by atomic mass is 16.1. The Bertz CT molecular complexity index is 1140. The lowest BCUT2D eigenvalue weighted by molar-refractivity contribution is -0.683. The molecular weight excluding hydrogens is 358 g/mol. The van der Waals surface area contributed by atoms with E-state index >= 15 is 0 Å². The molecule has 146 valence electrons. The van der Waals surface area contributed by atoms with Gasteiger partial charge in [-0.3, -0.25) is 4.79 Å². The molecule has 0 amide bonds. The number of Topliss-reactive ketones (excluding diaryl/α,β-unsaturated/α-hetero) is 1. The standard InChI is InChI=1S/C25H26N3O/c1-4-28-22-13-9-8-12-21(22)24(25(28)19-10-6-5-7-11-19)23(29)18-27-16-14-20(15-17-27)26(2)3/h5-17H,4,18H2,1-3H3/q+1. The van der Waals surface area contributed by atoms with Crippen molar-refractivity contribution in [2.75, 3.05) is 19.0 Å². The topological polar surface area (TPSA) is 29.1 Å². The monoisotopic (exact) mass is 384 g/mol. The van der Waals surface area contributed by atoms with Crippen LogP contribution in [0.3, 0.4) is 0 Å². The zero-order valence-electron chi connectivity index (χ0n) is 17.2. The van der Waals surface area contributed by atoms with E-state index in [-0.39, 0.29) is 5.78 Å². The van der Waals surface area contributed by atoms with Gasteiger partial charge in [0.05, 0.1) is 11.3 Å². The van der Waals surface area contributed by atoms with Crippen LogP contribution in [0.2, 0.25) is 0 Å². The summed E-state index contributed by atoms with van der Waals surface area (Å²) in [6.45, 7) is 3.25. The number of hydrogen-bond donors (Lipinski definition) is 0. The number of nitrogens with zero attached hydrogens (tertiary/aromatic N) is 3. The third-order valence-corrected chi connectivity index (χ3v) is 5.33. The summed E-state index contributed by atoms with van der Waals surface area (Å²) >= 11 is 0. The van der Waals surface area contributed by atoms with Gasteiger partial charge in [-0.25, -0.2) is 0 Å². The molecule has 2 aromatic heterocycles. The highest BCUT2D eigenvalue weighted by Gasteiger charge is 2.25. The van der Waals surface area contributed by atoms with Crippen LogP contribution in [0.5, 0.6) is 0 Å². The summed E-state index contributed by atoms with van der Waals surface area (Å²) in [6.07, 6.45) is 3.93. The minimum Gasteiger partial charge on any atom is -0.377 e. The van der Waals surface area contributed by atoms with Crippen LogP contribution in [0.25, 0.3) is 22.2 Å². The number of aromatic nitrogens is 2. The first-order valence-electron chi connectivity index (χ1n) is 9.96. The summed E-state index contributed by atoms with van der Waals surface area (Å²) in [5, 5.41) is 1.02. The highest BCUT2D eigenvalue weighted by molar-refractivity contribution is 6.13. The van der Waals surface area contributed by atoms with Crippen molar-refractivity contribution in [2.45, 2.75) is 20.0 Å². The lowest BCUT2D eigenvalue weighted by Gasteiger charge is -2.11. The van der Waals surface area contributed by atoms with E-state index in [1.165, 1.54) is 0 Å². The van der Waals surface area contributed by atoms with Crippen LogP contribution in [0.1, 0.15) is 17.3 Å². The fourth-order valence-electron chi connectivity index (χ4n) is 3.91. The summed E-state index contributed by atoms with van der Waals surface area (Å²) in [4.78, 5) is 15.6. The number of fused-ring (bicyclic) bond motifs is 1. The Labute approximate surface area is 171 Å². The van der Waals surface area contributed by atoms with E-state index in [4.69, 9.17) is 0 Å². The molecule has 0 unspecified atom stereocenters. The number of aryl methyl sites for hydroxylation is 1. The zero-order chi connectivity index (χ0) is 20.4. The van der Waals surface area contributed by atoms with E-state index in [2.05, 4.69) is 40.7 Å². The third kappa shape index (κ3) is 3.54. The minimum absolute atomic E-state index is 0.120. The smallest absolute Gasteiger partial charge is 0.230 e. The summed E-state index contributed by atoms with van der Waals surface area (Å²) in [7, 11) is 4.02. The fourth-order valence-corrected chi connectivity index (χ4v) is 3.91. The Morgan fingerprint density at radius 2 is 1.59 bits per heavy atom. The van der Waals surface area contributed by atoms with E-state index < -0.39 is 0 Å². The molecule has 0 atom stereocenters. The van der Waals surface area contributed by atoms with Gasteiger partial charge in [-0.15, -0.1) is 0 Å². The number of carbonyl (C=O) groups is 1. The van der Waals surface area contributed by atoms with Crippen LogP contribution < -0.4 is 9.47 Å². The number of pyridine rings is 1. The van der Waals surface area contributed by atoms with Gasteiger partial charge >= 0.3 is 0 Å². The number of hydrogen-bond acceptors (Lipinski definition) is 2. The van der Waals surface area contributed by atoms with Crippen LogP contribution in [0.15, 0.2) is 79.1 Å². The van der Waals surface area contributed by atoms with Crippen LogP contribution in [-0.4, -0.2) is 24.4 Å². The maximum Gasteiger partial charge on any atom is 0.230 e. The van der Waals surface area contributed by atoms with Gasteiger partial charge in [0.2, 0.25) is 12.3 Å². The molecule has 0 N–H and O–H groups in total. The molecule has 29 heavy (non-hydrogen) atoms. The van der Waals surface area contributed by atoms with Crippen LogP contribution in [-0.2, 0) is 13.1 Å². The molecule has 2 heterocycles. The number of carbonyl (C=O) groups excluding carboxylic acids is 1. The quantitative estimate of drug-likeness (QED) is 0.360. The molecule has 0 aliphatic rings. The van der Waals surface area contributed by atoms with Gasteiger partial charge in [-0.05, 0) is 18.6 Å². The molecule has 0 radical (unpaired) electrons. The average Bonchev–Trinajstić information content (AvgIpc) is 3.09. The molecule has 0 aliphatic carbocycles. The minimum atomic E-state index is 0.120. The van der Waals surface area contributed by atoms with E-state index in [1.807, 2.05) is 73.5 Å². The van der Waals surface area contributed by atoms with Crippen molar-refractivity contribution in [3.8, 4) is 11.3 Å². The lowest BCUT2D eigenvalue weighted by Crippen LogP contribution is -2.37. The number of rotatable bonds is 6. The van der Waals surface area contributed by atoms with Gasteiger partial charge in [0.25, 0.3) is 0 Å². The van der Waals surface area contributed by atoms with Gasteiger partial charge in [0, 0.05) is 49.4 Å². The van der Waals surface area contributed by atoms with Crippen molar-refractivity contribution in [3.63, 3.8) is 0 Å². The molecule has 2 aromatic carbocycles. The van der Waals surface area contributed by atoms with Crippen LogP contribution in [0, 0.1) is 0 Å². The summed E-state index contributed by atoms with van der Waals surface area (Å²) in [5.41, 5.74) is 5.09. The van der Waals surface area contributed by atoms with Crippen LogP contribution >= 0.6 is 0 Å². The number of anilines is 1. The maximum absolute atomic E-state index is 13.5. The summed E-state index contributed by atoms with van der Waals surface area (Å²) in [5.74, 6) is 0.120. The Morgan fingerprint density at radius 1 is 0.931 bits per heavy atom. The Balaban J connectivity index is 1.83. The summed E-state index contributed by atoms with van der Waals surface area (Å²) < 4.78 is 4.19. The average molecular weight is 385 g/mol. The SMILES string of the molecule is CCn1c(-c2ccccc2)c(C(=O)C[n+]2ccc(N(C)C)cc2)c2ccccc21. The molecule has 4 aromatic rings. The molecule has 4 nitrogen and oxygen atoms in total. The molecule has 4 heteroatoms. The van der Waals surface area contributed by atoms with E-state index in [1.54, 1.807) is 0 Å². The van der Waals surface area contributed by atoms with Crippen LogP contribution in [0.4, 0.5) is 5.69 Å². The van der Waals surface area contributed by atoms with Crippen molar-refractivity contribution in [2.24, 2.45) is 0 Å². The molecule has 0 fully saturated rings. The van der Waals surface area contributed by atoms with Crippen molar-refractivity contribution < 1.29 is 9.36 Å². The Hall–Kier alpha value is -3.40. The van der Waals surface area contributed by atoms with Crippen molar-refractivity contribution in [1.29, 1.82) is 0 Å². The van der Waals surface area contributed by atoms with Crippen molar-refractivity contribution >= 4 is 22.4 Å². The maximum atomic E-state index is 13.5. The van der Waals surface area contributed by atoms with E-state index in [0.29, 0.717) is 6.54 Å². The van der Waals surface area contributed by atoms with E-state index in [9.17, 15) is 4.79 Å². The predicted octanol–water partition coefficient (Wildman–Crippen LogP) is 4.56.